The molecule has 0 saturated heterocycles. The Morgan fingerprint density at radius 3 is 2.88 bits per heavy atom. The Morgan fingerprint density at radius 1 is 1.35 bits per heavy atom. The van der Waals surface area contributed by atoms with Gasteiger partial charge in [-0.25, -0.2) is 4.98 Å². The molecule has 17 heavy (non-hydrogen) atoms. The monoisotopic (exact) mass is 234 g/mol. The first-order valence-corrected chi connectivity index (χ1v) is 5.97. The fourth-order valence-corrected chi connectivity index (χ4v) is 1.73. The molecule has 0 aliphatic heterocycles. The molecule has 0 aliphatic carbocycles. The topological polar surface area (TPSA) is 62.8 Å². The zero-order valence-electron chi connectivity index (χ0n) is 10.4. The number of aromatic nitrogens is 3. The van der Waals surface area contributed by atoms with Gasteiger partial charge in [0.15, 0.2) is 5.65 Å². The van der Waals surface area contributed by atoms with Crippen molar-refractivity contribution in [1.82, 2.24) is 20.3 Å². The van der Waals surface area contributed by atoms with Crippen LogP contribution in [0, 0.1) is 0 Å². The largest absolute Gasteiger partial charge is 0.478 e. The minimum Gasteiger partial charge on any atom is -0.478 e. The second-order valence-electron chi connectivity index (χ2n) is 3.86. The average Bonchev–Trinajstić information content (AvgIpc) is 2.73. The van der Waals surface area contributed by atoms with Crippen LogP contribution in [0.4, 0.5) is 0 Å². The number of aromatic amines is 1. The zero-order chi connectivity index (χ0) is 12.3. The van der Waals surface area contributed by atoms with Gasteiger partial charge in [0.25, 0.3) is 0 Å². The van der Waals surface area contributed by atoms with E-state index in [1.54, 1.807) is 0 Å². The average molecular weight is 234 g/mol. The van der Waals surface area contributed by atoms with Crippen LogP contribution in [-0.2, 0) is 0 Å². The number of hydrogen-bond acceptors (Lipinski definition) is 4. The lowest BCUT2D eigenvalue weighted by Gasteiger charge is -2.07. The fraction of sp³-hybridized carbons (Fsp3) is 0.500. The van der Waals surface area contributed by atoms with Crippen molar-refractivity contribution in [3.63, 3.8) is 0 Å². The lowest BCUT2D eigenvalue weighted by atomic mass is 10.3. The van der Waals surface area contributed by atoms with Gasteiger partial charge in [-0.15, -0.1) is 0 Å². The van der Waals surface area contributed by atoms with E-state index < -0.39 is 0 Å². The summed E-state index contributed by atoms with van der Waals surface area (Å²) in [6.45, 7) is 7.61. The number of imidazole rings is 1. The molecular formula is C12H18N4O. The van der Waals surface area contributed by atoms with Gasteiger partial charge in [-0.2, -0.15) is 4.98 Å². The molecule has 5 nitrogen and oxygen atoms in total. The molecule has 0 aliphatic rings. The fourth-order valence-electron chi connectivity index (χ4n) is 1.73. The van der Waals surface area contributed by atoms with Gasteiger partial charge in [0.2, 0.25) is 5.88 Å². The molecule has 0 amide bonds. The van der Waals surface area contributed by atoms with Gasteiger partial charge in [-0.1, -0.05) is 6.92 Å². The predicted octanol–water partition coefficient (Wildman–Crippen LogP) is 2.03. The van der Waals surface area contributed by atoms with Crippen LogP contribution in [0.2, 0.25) is 0 Å². The molecule has 0 radical (unpaired) electrons. The van der Waals surface area contributed by atoms with E-state index in [1.807, 2.05) is 19.1 Å². The van der Waals surface area contributed by atoms with E-state index in [0.717, 1.165) is 17.9 Å². The Hall–Kier alpha value is -1.62. The number of ether oxygens (including phenoxy) is 1. The summed E-state index contributed by atoms with van der Waals surface area (Å²) in [5.41, 5.74) is 1.64. The van der Waals surface area contributed by atoms with Crippen molar-refractivity contribution in [2.75, 3.05) is 13.2 Å². The van der Waals surface area contributed by atoms with Crippen LogP contribution in [-0.4, -0.2) is 28.1 Å². The summed E-state index contributed by atoms with van der Waals surface area (Å²) in [4.78, 5) is 12.1. The normalized spacial score (nSPS) is 12.9. The SMILES string of the molecule is CCNC(C)c1nc2nc(OCC)ccc2[nH]1. The molecule has 2 aromatic rings. The summed E-state index contributed by atoms with van der Waals surface area (Å²) in [6.07, 6.45) is 0. The van der Waals surface area contributed by atoms with E-state index in [4.69, 9.17) is 4.74 Å². The summed E-state index contributed by atoms with van der Waals surface area (Å²) in [5, 5.41) is 3.31. The molecule has 2 N–H and O–H groups in total. The van der Waals surface area contributed by atoms with Crippen LogP contribution in [0.3, 0.4) is 0 Å². The number of hydrogen-bond donors (Lipinski definition) is 2. The third-order valence-electron chi connectivity index (χ3n) is 2.55. The maximum Gasteiger partial charge on any atom is 0.215 e. The van der Waals surface area contributed by atoms with Crippen molar-refractivity contribution >= 4 is 11.2 Å². The minimum atomic E-state index is 0.199. The highest BCUT2D eigenvalue weighted by Gasteiger charge is 2.10. The molecule has 0 saturated carbocycles. The molecule has 2 aromatic heterocycles. The number of pyridine rings is 1. The maximum atomic E-state index is 5.35. The number of H-pyrrole nitrogens is 1. The smallest absolute Gasteiger partial charge is 0.215 e. The van der Waals surface area contributed by atoms with Crippen molar-refractivity contribution in [2.45, 2.75) is 26.8 Å². The standard InChI is InChI=1S/C12H18N4O/c1-4-13-8(3)11-14-9-6-7-10(17-5-2)15-12(9)16-11/h6-8,13H,4-5H2,1-3H3,(H,14,15,16). The van der Waals surface area contributed by atoms with E-state index in [1.165, 1.54) is 0 Å². The summed E-state index contributed by atoms with van der Waals surface area (Å²) >= 11 is 0. The van der Waals surface area contributed by atoms with Gasteiger partial charge >= 0.3 is 0 Å². The van der Waals surface area contributed by atoms with Gasteiger partial charge < -0.3 is 15.0 Å². The molecule has 2 rings (SSSR count). The molecule has 0 spiro atoms. The minimum absolute atomic E-state index is 0.199. The van der Waals surface area contributed by atoms with Gasteiger partial charge in [0.1, 0.15) is 5.82 Å². The highest BCUT2D eigenvalue weighted by molar-refractivity contribution is 5.71. The van der Waals surface area contributed by atoms with Crippen molar-refractivity contribution < 1.29 is 4.74 Å². The Balaban J connectivity index is 2.30. The second-order valence-corrected chi connectivity index (χ2v) is 3.86. The van der Waals surface area contributed by atoms with Crippen molar-refractivity contribution in [1.29, 1.82) is 0 Å². The Kier molecular flexibility index (Phi) is 3.58. The van der Waals surface area contributed by atoms with E-state index in [-0.39, 0.29) is 6.04 Å². The van der Waals surface area contributed by atoms with Gasteiger partial charge in [0.05, 0.1) is 18.2 Å². The van der Waals surface area contributed by atoms with Crippen molar-refractivity contribution in [3.05, 3.63) is 18.0 Å². The van der Waals surface area contributed by atoms with Gasteiger partial charge in [0, 0.05) is 6.07 Å². The molecular weight excluding hydrogens is 216 g/mol. The molecule has 0 fully saturated rings. The van der Waals surface area contributed by atoms with Crippen LogP contribution < -0.4 is 10.1 Å². The molecule has 5 heteroatoms. The molecule has 0 aromatic carbocycles. The molecule has 1 unspecified atom stereocenters. The first-order chi connectivity index (χ1) is 8.24. The van der Waals surface area contributed by atoms with E-state index >= 15 is 0 Å². The van der Waals surface area contributed by atoms with E-state index in [0.29, 0.717) is 18.1 Å². The number of rotatable bonds is 5. The summed E-state index contributed by atoms with van der Waals surface area (Å²) in [5.74, 6) is 1.53. The number of nitrogens with zero attached hydrogens (tertiary/aromatic N) is 2. The zero-order valence-corrected chi connectivity index (χ0v) is 10.4. The highest BCUT2D eigenvalue weighted by atomic mass is 16.5. The number of nitrogens with one attached hydrogen (secondary N) is 2. The summed E-state index contributed by atoms with van der Waals surface area (Å²) in [7, 11) is 0. The first kappa shape index (κ1) is 11.9. The van der Waals surface area contributed by atoms with E-state index in [2.05, 4.69) is 34.1 Å². The Morgan fingerprint density at radius 2 is 2.18 bits per heavy atom. The van der Waals surface area contributed by atoms with Crippen LogP contribution in [0.25, 0.3) is 11.2 Å². The predicted molar refractivity (Wildman–Crippen MR) is 67.1 cm³/mol. The highest BCUT2D eigenvalue weighted by Crippen LogP contribution is 2.17. The lowest BCUT2D eigenvalue weighted by molar-refractivity contribution is 0.328. The molecule has 2 heterocycles. The van der Waals surface area contributed by atoms with Crippen LogP contribution in [0.1, 0.15) is 32.6 Å². The Bertz CT molecular complexity index is 494. The van der Waals surface area contributed by atoms with Crippen molar-refractivity contribution in [2.24, 2.45) is 0 Å². The van der Waals surface area contributed by atoms with Crippen LogP contribution in [0.15, 0.2) is 12.1 Å². The molecule has 1 atom stereocenters. The van der Waals surface area contributed by atoms with Crippen LogP contribution >= 0.6 is 0 Å². The first-order valence-electron chi connectivity index (χ1n) is 5.97. The maximum absolute atomic E-state index is 5.35. The van der Waals surface area contributed by atoms with Crippen LogP contribution in [0.5, 0.6) is 5.88 Å². The summed E-state index contributed by atoms with van der Waals surface area (Å²) in [6, 6.07) is 4.00. The number of fused-ring (bicyclic) bond motifs is 1. The lowest BCUT2D eigenvalue weighted by Crippen LogP contribution is -2.18. The molecule has 0 bridgehead atoms. The van der Waals surface area contributed by atoms with Gasteiger partial charge in [-0.05, 0) is 26.5 Å². The van der Waals surface area contributed by atoms with Gasteiger partial charge in [-0.3, -0.25) is 0 Å². The quantitative estimate of drug-likeness (QED) is 0.831. The second kappa shape index (κ2) is 5.14. The Labute approximate surface area is 101 Å². The third-order valence-corrected chi connectivity index (χ3v) is 2.55. The van der Waals surface area contributed by atoms with E-state index in [9.17, 15) is 0 Å². The molecule has 92 valence electrons. The van der Waals surface area contributed by atoms with Crippen molar-refractivity contribution in [3.8, 4) is 5.88 Å². The summed E-state index contributed by atoms with van der Waals surface area (Å²) < 4.78 is 5.35. The third kappa shape index (κ3) is 2.55.